The molecule has 0 N–H and O–H groups in total. The topological polar surface area (TPSA) is 22.2 Å². The van der Waals surface area contributed by atoms with Gasteiger partial charge in [0.05, 0.1) is 27.8 Å². The molecular weight excluding hydrogens is 619 g/mol. The molecule has 2 aromatic heterocycles. The zero-order valence-electron chi connectivity index (χ0n) is 28.4. The number of benzene rings is 7. The summed E-state index contributed by atoms with van der Waals surface area (Å²) < 4.78 is 4.73. The highest BCUT2D eigenvalue weighted by molar-refractivity contribution is 6.12. The van der Waals surface area contributed by atoms with Crippen LogP contribution in [-0.2, 0) is 0 Å². The van der Waals surface area contributed by atoms with Crippen molar-refractivity contribution in [3.8, 4) is 22.5 Å². The molecule has 0 aliphatic rings. The van der Waals surface area contributed by atoms with Gasteiger partial charge in [-0.3, -0.25) is 4.99 Å². The highest BCUT2D eigenvalue weighted by Gasteiger charge is 2.16. The van der Waals surface area contributed by atoms with E-state index < -0.39 is 0 Å². The second kappa shape index (κ2) is 12.6. The van der Waals surface area contributed by atoms with Crippen LogP contribution in [0.3, 0.4) is 0 Å². The molecule has 0 aliphatic heterocycles. The summed E-state index contributed by atoms with van der Waals surface area (Å²) in [6.45, 7) is 6.04. The lowest BCUT2D eigenvalue weighted by molar-refractivity contribution is 1.18. The molecule has 3 heteroatoms. The second-order valence-electron chi connectivity index (χ2n) is 13.0. The van der Waals surface area contributed by atoms with Crippen molar-refractivity contribution in [1.29, 1.82) is 0 Å². The highest BCUT2D eigenvalue weighted by Crippen LogP contribution is 2.38. The molecule has 9 aromatic rings. The summed E-state index contributed by atoms with van der Waals surface area (Å²) in [5, 5.41) is 4.95. The third kappa shape index (κ3) is 5.27. The fourth-order valence-corrected chi connectivity index (χ4v) is 7.48. The molecule has 0 bridgehead atoms. The highest BCUT2D eigenvalue weighted by atomic mass is 15.0. The molecule has 0 amide bonds. The van der Waals surface area contributed by atoms with Crippen LogP contribution in [0.4, 0.5) is 0 Å². The number of hydrogen-bond donors (Lipinski definition) is 0. The molecular formula is C48H35N3. The Balaban J connectivity index is 1.15. The summed E-state index contributed by atoms with van der Waals surface area (Å²) in [5.74, 6) is 0. The van der Waals surface area contributed by atoms with Crippen molar-refractivity contribution in [2.24, 2.45) is 4.99 Å². The number of allylic oxidation sites excluding steroid dienone is 3. The Morgan fingerprint density at radius 3 is 1.55 bits per heavy atom. The Hall–Kier alpha value is -6.71. The van der Waals surface area contributed by atoms with Crippen LogP contribution >= 0.6 is 0 Å². The van der Waals surface area contributed by atoms with Crippen LogP contribution in [-0.4, -0.2) is 15.9 Å². The molecule has 0 unspecified atom stereocenters. The van der Waals surface area contributed by atoms with Crippen molar-refractivity contribution in [3.05, 3.63) is 193 Å². The summed E-state index contributed by atoms with van der Waals surface area (Å²) >= 11 is 0. The van der Waals surface area contributed by atoms with E-state index in [0.29, 0.717) is 0 Å². The van der Waals surface area contributed by atoms with Gasteiger partial charge in [0.2, 0.25) is 0 Å². The third-order valence-electron chi connectivity index (χ3n) is 9.98. The minimum absolute atomic E-state index is 0.833. The number of aliphatic imine (C=N–C) groups is 1. The first-order valence-corrected chi connectivity index (χ1v) is 17.3. The molecule has 2 heterocycles. The van der Waals surface area contributed by atoms with Gasteiger partial charge >= 0.3 is 0 Å². The first-order valence-electron chi connectivity index (χ1n) is 17.3. The quantitative estimate of drug-likeness (QED) is 0.121. The summed E-state index contributed by atoms with van der Waals surface area (Å²) in [5.41, 5.74) is 13.6. The van der Waals surface area contributed by atoms with E-state index in [4.69, 9.17) is 0 Å². The minimum atomic E-state index is 0.833. The Morgan fingerprint density at radius 2 is 0.941 bits per heavy atom. The monoisotopic (exact) mass is 653 g/mol. The van der Waals surface area contributed by atoms with Crippen LogP contribution in [0.1, 0.15) is 18.1 Å². The molecule has 0 radical (unpaired) electrons. The van der Waals surface area contributed by atoms with Crippen molar-refractivity contribution < 1.29 is 0 Å². The smallest absolute Gasteiger partial charge is 0.0695 e. The first kappa shape index (κ1) is 30.4. The van der Waals surface area contributed by atoms with Crippen LogP contribution in [0, 0.1) is 0 Å². The molecule has 0 atom stereocenters. The molecule has 51 heavy (non-hydrogen) atoms. The van der Waals surface area contributed by atoms with E-state index in [0.717, 1.165) is 22.5 Å². The van der Waals surface area contributed by atoms with Gasteiger partial charge in [0.1, 0.15) is 0 Å². The van der Waals surface area contributed by atoms with Crippen molar-refractivity contribution >= 4 is 61.6 Å². The predicted molar refractivity (Wildman–Crippen MR) is 218 cm³/mol. The van der Waals surface area contributed by atoms with Gasteiger partial charge in [0.25, 0.3) is 0 Å². The van der Waals surface area contributed by atoms with Crippen LogP contribution < -0.4 is 0 Å². The molecule has 0 saturated carbocycles. The number of aromatic nitrogens is 2. The number of rotatable bonds is 7. The average Bonchev–Trinajstić information content (AvgIpc) is 3.71. The van der Waals surface area contributed by atoms with Gasteiger partial charge in [-0.05, 0) is 103 Å². The predicted octanol–water partition coefficient (Wildman–Crippen LogP) is 12.7. The zero-order chi connectivity index (χ0) is 34.3. The van der Waals surface area contributed by atoms with E-state index in [1.165, 1.54) is 66.0 Å². The van der Waals surface area contributed by atoms with E-state index in [1.807, 2.05) is 6.07 Å². The van der Waals surface area contributed by atoms with Crippen molar-refractivity contribution in [1.82, 2.24) is 9.13 Å². The lowest BCUT2D eigenvalue weighted by Gasteiger charge is -2.11. The van der Waals surface area contributed by atoms with E-state index in [-0.39, 0.29) is 0 Å². The average molecular weight is 654 g/mol. The Labute approximate surface area is 297 Å². The van der Waals surface area contributed by atoms with Crippen LogP contribution in [0.25, 0.3) is 77.4 Å². The largest absolute Gasteiger partial charge is 0.309 e. The van der Waals surface area contributed by atoms with Gasteiger partial charge in [0.15, 0.2) is 0 Å². The van der Waals surface area contributed by atoms with Crippen LogP contribution in [0.2, 0.25) is 0 Å². The van der Waals surface area contributed by atoms with E-state index in [1.54, 1.807) is 0 Å². The molecule has 0 aliphatic carbocycles. The van der Waals surface area contributed by atoms with Gasteiger partial charge in [-0.25, -0.2) is 0 Å². The molecule has 7 aromatic carbocycles. The number of nitrogens with zero attached hydrogens (tertiary/aromatic N) is 3. The molecule has 3 nitrogen and oxygen atoms in total. The maximum absolute atomic E-state index is 4.43. The summed E-state index contributed by atoms with van der Waals surface area (Å²) in [6, 6.07) is 60.8. The first-order chi connectivity index (χ1) is 25.2. The lowest BCUT2D eigenvalue weighted by atomic mass is 10.0. The standard InChI is InChI=1S/C48H35N3/c1-33(34-14-5-3-6-15-34)24-27-44(49-2)37-16-13-19-39(30-37)51-46-23-12-10-21-41(46)43-32-36(26-29-48(43)51)35-25-28-47-42(31-35)40-20-9-11-22-45(40)50(47)38-17-7-4-8-18-38/h3-32H,2H2,1H3/b33-24+,44-27-. The molecule has 0 saturated heterocycles. The Kier molecular flexibility index (Phi) is 7.52. The maximum atomic E-state index is 4.43. The van der Waals surface area contributed by atoms with E-state index in [2.05, 4.69) is 204 Å². The Morgan fingerprint density at radius 1 is 0.451 bits per heavy atom. The SMILES string of the molecule is C=N/C(=C\C=C(/C)c1ccccc1)c1cccc(-n2c3ccccc3c3cc(-c4ccc5c(c4)c4ccccc4n5-c4ccccc4)ccc32)c1. The van der Waals surface area contributed by atoms with Gasteiger partial charge in [-0.15, -0.1) is 0 Å². The van der Waals surface area contributed by atoms with Gasteiger partial charge in [-0.2, -0.15) is 0 Å². The van der Waals surface area contributed by atoms with Gasteiger partial charge < -0.3 is 9.13 Å². The van der Waals surface area contributed by atoms with Crippen molar-refractivity contribution in [3.63, 3.8) is 0 Å². The zero-order valence-corrected chi connectivity index (χ0v) is 28.4. The summed E-state index contributed by atoms with van der Waals surface area (Å²) in [4.78, 5) is 4.43. The lowest BCUT2D eigenvalue weighted by Crippen LogP contribution is -1.95. The fraction of sp³-hybridized carbons (Fsp3) is 0.0208. The van der Waals surface area contributed by atoms with E-state index in [9.17, 15) is 0 Å². The number of para-hydroxylation sites is 3. The van der Waals surface area contributed by atoms with Crippen molar-refractivity contribution in [2.45, 2.75) is 6.92 Å². The van der Waals surface area contributed by atoms with E-state index >= 15 is 0 Å². The molecule has 0 spiro atoms. The van der Waals surface area contributed by atoms with Crippen LogP contribution in [0.15, 0.2) is 187 Å². The number of hydrogen-bond acceptors (Lipinski definition) is 1. The van der Waals surface area contributed by atoms with Crippen molar-refractivity contribution in [2.75, 3.05) is 0 Å². The number of fused-ring (bicyclic) bond motifs is 6. The molecule has 242 valence electrons. The van der Waals surface area contributed by atoms with Gasteiger partial charge in [-0.1, -0.05) is 115 Å². The minimum Gasteiger partial charge on any atom is -0.309 e. The third-order valence-corrected chi connectivity index (χ3v) is 9.98. The summed E-state index contributed by atoms with van der Waals surface area (Å²) in [6.07, 6.45) is 4.17. The van der Waals surface area contributed by atoms with Gasteiger partial charge in [0, 0.05) is 38.5 Å². The second-order valence-corrected chi connectivity index (χ2v) is 13.0. The van der Waals surface area contributed by atoms with Crippen LogP contribution in [0.5, 0.6) is 0 Å². The normalized spacial score (nSPS) is 12.3. The molecule has 9 rings (SSSR count). The fourth-order valence-electron chi connectivity index (χ4n) is 7.48. The molecule has 0 fully saturated rings. The summed E-state index contributed by atoms with van der Waals surface area (Å²) in [7, 11) is 0. The Bertz CT molecular complexity index is 2810. The maximum Gasteiger partial charge on any atom is 0.0695 e.